The fourth-order valence-corrected chi connectivity index (χ4v) is 2.96. The molecule has 1 atom stereocenters. The molecule has 1 fully saturated rings. The molecule has 1 aliphatic rings. The quantitative estimate of drug-likeness (QED) is 0.753. The summed E-state index contributed by atoms with van der Waals surface area (Å²) >= 11 is 0. The summed E-state index contributed by atoms with van der Waals surface area (Å²) in [6.45, 7) is 0.366. The number of ether oxygens (including phenoxy) is 3. The minimum absolute atomic E-state index is 0.162. The molecule has 0 N–H and O–H groups in total. The Bertz CT molecular complexity index is 452. The lowest BCUT2D eigenvalue weighted by molar-refractivity contribution is -0.149. The zero-order chi connectivity index (χ0) is 15.1. The zero-order valence-corrected chi connectivity index (χ0v) is 12.8. The fourth-order valence-electron chi connectivity index (χ4n) is 2.96. The van der Waals surface area contributed by atoms with E-state index in [2.05, 4.69) is 0 Å². The van der Waals surface area contributed by atoms with Gasteiger partial charge in [-0.25, -0.2) is 0 Å². The van der Waals surface area contributed by atoms with Crippen LogP contribution in [0.5, 0.6) is 11.5 Å². The summed E-state index contributed by atoms with van der Waals surface area (Å²) in [5.41, 5.74) is 0. The summed E-state index contributed by atoms with van der Waals surface area (Å²) in [6, 6.07) is 7.45. The maximum Gasteiger partial charge on any atom is 0.312 e. The first-order valence-corrected chi connectivity index (χ1v) is 7.59. The third-order valence-corrected chi connectivity index (χ3v) is 4.19. The number of hydrogen-bond donors (Lipinski definition) is 0. The lowest BCUT2D eigenvalue weighted by atomic mass is 9.80. The number of hydrogen-bond acceptors (Lipinski definition) is 4. The molecule has 0 aliphatic heterocycles. The Labute approximate surface area is 126 Å². The highest BCUT2D eigenvalue weighted by molar-refractivity contribution is 5.72. The lowest BCUT2D eigenvalue weighted by Gasteiger charge is -2.28. The van der Waals surface area contributed by atoms with Crippen molar-refractivity contribution in [3.8, 4) is 11.5 Å². The van der Waals surface area contributed by atoms with Crippen LogP contribution in [-0.4, -0.2) is 26.8 Å². The number of esters is 1. The van der Waals surface area contributed by atoms with E-state index in [9.17, 15) is 4.79 Å². The van der Waals surface area contributed by atoms with Crippen molar-refractivity contribution in [1.82, 2.24) is 0 Å². The number of rotatable bonds is 6. The van der Waals surface area contributed by atoms with Gasteiger partial charge in [-0.1, -0.05) is 25.3 Å². The van der Waals surface area contributed by atoms with Gasteiger partial charge in [0.15, 0.2) is 0 Å². The summed E-state index contributed by atoms with van der Waals surface area (Å²) in [5.74, 6) is 1.50. The molecule has 1 aliphatic carbocycles. The summed E-state index contributed by atoms with van der Waals surface area (Å²) < 4.78 is 15.9. The van der Waals surface area contributed by atoms with E-state index in [-0.39, 0.29) is 11.9 Å². The average molecular weight is 292 g/mol. The first-order chi connectivity index (χ1) is 10.2. The van der Waals surface area contributed by atoms with Crippen molar-refractivity contribution in [3.05, 3.63) is 24.3 Å². The van der Waals surface area contributed by atoms with E-state index in [1.807, 2.05) is 24.3 Å². The van der Waals surface area contributed by atoms with Crippen LogP contribution in [0, 0.1) is 11.8 Å². The molecule has 116 valence electrons. The van der Waals surface area contributed by atoms with Crippen LogP contribution in [-0.2, 0) is 9.53 Å². The molecule has 0 bridgehead atoms. The minimum Gasteiger partial charge on any atom is -0.497 e. The zero-order valence-electron chi connectivity index (χ0n) is 12.8. The molecule has 0 radical (unpaired) electrons. The number of benzene rings is 1. The topological polar surface area (TPSA) is 44.8 Å². The van der Waals surface area contributed by atoms with Gasteiger partial charge in [-0.05, 0) is 30.9 Å². The van der Waals surface area contributed by atoms with Gasteiger partial charge in [0, 0.05) is 6.07 Å². The Hall–Kier alpha value is -1.71. The van der Waals surface area contributed by atoms with Gasteiger partial charge in [-0.3, -0.25) is 4.79 Å². The third kappa shape index (κ3) is 4.38. The van der Waals surface area contributed by atoms with Crippen LogP contribution in [0.4, 0.5) is 0 Å². The van der Waals surface area contributed by atoms with Crippen LogP contribution in [0.25, 0.3) is 0 Å². The molecule has 1 aromatic rings. The lowest BCUT2D eigenvalue weighted by Crippen LogP contribution is -2.31. The van der Waals surface area contributed by atoms with Gasteiger partial charge in [0.05, 0.1) is 20.1 Å². The van der Waals surface area contributed by atoms with Crippen molar-refractivity contribution >= 4 is 5.97 Å². The standard InChI is InChI=1S/C17H24O4/c1-19-14-9-6-10-15(11-14)21-12-16(17(18)20-2)13-7-4-3-5-8-13/h6,9-11,13,16H,3-5,7-8,12H2,1-2H3. The van der Waals surface area contributed by atoms with Crippen LogP contribution >= 0.6 is 0 Å². The van der Waals surface area contributed by atoms with E-state index in [4.69, 9.17) is 14.2 Å². The Morgan fingerprint density at radius 1 is 1.19 bits per heavy atom. The molecule has 0 amide bonds. The van der Waals surface area contributed by atoms with Gasteiger partial charge in [-0.2, -0.15) is 0 Å². The van der Waals surface area contributed by atoms with E-state index in [1.165, 1.54) is 26.4 Å². The van der Waals surface area contributed by atoms with Gasteiger partial charge in [0.2, 0.25) is 0 Å². The summed E-state index contributed by atoms with van der Waals surface area (Å²) in [6.07, 6.45) is 5.82. The third-order valence-electron chi connectivity index (χ3n) is 4.19. The second kappa shape index (κ2) is 7.91. The molecule has 0 heterocycles. The van der Waals surface area contributed by atoms with E-state index in [0.717, 1.165) is 24.3 Å². The predicted octanol–water partition coefficient (Wildman–Crippen LogP) is 3.44. The summed E-state index contributed by atoms with van der Waals surface area (Å²) in [5, 5.41) is 0. The molecule has 0 saturated heterocycles. The average Bonchev–Trinajstić information content (AvgIpc) is 2.56. The molecule has 4 nitrogen and oxygen atoms in total. The molecular weight excluding hydrogens is 268 g/mol. The fraction of sp³-hybridized carbons (Fsp3) is 0.588. The molecule has 21 heavy (non-hydrogen) atoms. The molecule has 4 heteroatoms. The van der Waals surface area contributed by atoms with Crippen molar-refractivity contribution in [2.24, 2.45) is 11.8 Å². The summed E-state index contributed by atoms with van der Waals surface area (Å²) in [4.78, 5) is 12.0. The van der Waals surface area contributed by atoms with Crippen LogP contribution in [0.3, 0.4) is 0 Å². The number of carbonyl (C=O) groups excluding carboxylic acids is 1. The smallest absolute Gasteiger partial charge is 0.312 e. The van der Waals surface area contributed by atoms with Crippen LogP contribution in [0.2, 0.25) is 0 Å². The highest BCUT2D eigenvalue weighted by Crippen LogP contribution is 2.31. The summed E-state index contributed by atoms with van der Waals surface area (Å²) in [7, 11) is 3.07. The van der Waals surface area contributed by atoms with E-state index in [0.29, 0.717) is 12.5 Å². The largest absolute Gasteiger partial charge is 0.497 e. The van der Waals surface area contributed by atoms with Crippen molar-refractivity contribution in [1.29, 1.82) is 0 Å². The molecule has 0 aromatic heterocycles. The predicted molar refractivity (Wildman–Crippen MR) is 80.6 cm³/mol. The van der Waals surface area contributed by atoms with Crippen molar-refractivity contribution in [2.45, 2.75) is 32.1 Å². The molecule has 1 saturated carbocycles. The monoisotopic (exact) mass is 292 g/mol. The first kappa shape index (κ1) is 15.7. The Morgan fingerprint density at radius 3 is 2.57 bits per heavy atom. The normalized spacial score (nSPS) is 17.0. The van der Waals surface area contributed by atoms with Crippen LogP contribution in [0.1, 0.15) is 32.1 Å². The Morgan fingerprint density at radius 2 is 1.90 bits per heavy atom. The molecule has 2 rings (SSSR count). The molecule has 1 unspecified atom stereocenters. The first-order valence-electron chi connectivity index (χ1n) is 7.59. The minimum atomic E-state index is -0.179. The van der Waals surface area contributed by atoms with Crippen LogP contribution in [0.15, 0.2) is 24.3 Å². The highest BCUT2D eigenvalue weighted by Gasteiger charge is 2.31. The Kier molecular flexibility index (Phi) is 5.90. The van der Waals surface area contributed by atoms with Crippen LogP contribution < -0.4 is 9.47 Å². The number of methoxy groups -OCH3 is 2. The van der Waals surface area contributed by atoms with Gasteiger partial charge in [0.25, 0.3) is 0 Å². The SMILES string of the molecule is COC(=O)C(COc1cccc(OC)c1)C1CCCCC1. The van der Waals surface area contributed by atoms with E-state index < -0.39 is 0 Å². The van der Waals surface area contributed by atoms with Crippen molar-refractivity contribution in [3.63, 3.8) is 0 Å². The van der Waals surface area contributed by atoms with Crippen molar-refractivity contribution < 1.29 is 19.0 Å². The van der Waals surface area contributed by atoms with Gasteiger partial charge >= 0.3 is 5.97 Å². The number of carbonyl (C=O) groups is 1. The van der Waals surface area contributed by atoms with Crippen molar-refractivity contribution in [2.75, 3.05) is 20.8 Å². The second-order valence-corrected chi connectivity index (χ2v) is 5.52. The van der Waals surface area contributed by atoms with Gasteiger partial charge in [-0.15, -0.1) is 0 Å². The molecular formula is C17H24O4. The highest BCUT2D eigenvalue weighted by atomic mass is 16.5. The maximum absolute atomic E-state index is 12.0. The van der Waals surface area contributed by atoms with E-state index in [1.54, 1.807) is 7.11 Å². The van der Waals surface area contributed by atoms with E-state index >= 15 is 0 Å². The van der Waals surface area contributed by atoms with Gasteiger partial charge in [0.1, 0.15) is 18.1 Å². The molecule has 0 spiro atoms. The Balaban J connectivity index is 1.99. The molecule has 1 aromatic carbocycles. The van der Waals surface area contributed by atoms with Gasteiger partial charge < -0.3 is 14.2 Å². The maximum atomic E-state index is 12.0. The second-order valence-electron chi connectivity index (χ2n) is 5.52.